The minimum Gasteiger partial charge on any atom is -0.360 e. The lowest BCUT2D eigenvalue weighted by Gasteiger charge is -2.11. The minimum absolute atomic E-state index is 0.422. The third kappa shape index (κ3) is 1.90. The summed E-state index contributed by atoms with van der Waals surface area (Å²) in [6.07, 6.45) is 3.21. The molecule has 0 saturated carbocycles. The van der Waals surface area contributed by atoms with Gasteiger partial charge in [-0.3, -0.25) is 0 Å². The van der Waals surface area contributed by atoms with Crippen molar-refractivity contribution in [1.82, 2.24) is 10.3 Å². The molecule has 1 heterocycles. The highest BCUT2D eigenvalue weighted by atomic mass is 35.5. The Morgan fingerprint density at radius 2 is 1.86 bits per heavy atom. The average Bonchev–Trinajstić information content (AvgIpc) is 3.09. The Morgan fingerprint density at radius 1 is 1.05 bits per heavy atom. The number of para-hydroxylation sites is 1. The van der Waals surface area contributed by atoms with Gasteiger partial charge in [0.1, 0.15) is 0 Å². The van der Waals surface area contributed by atoms with Gasteiger partial charge in [-0.15, -0.1) is 0 Å². The maximum Gasteiger partial charge on any atom is 0.0647 e. The Labute approximate surface area is 129 Å². The number of aromatic amines is 1. The van der Waals surface area contributed by atoms with Crippen molar-refractivity contribution < 1.29 is 0 Å². The highest BCUT2D eigenvalue weighted by Crippen LogP contribution is 2.46. The number of H-pyrrole nitrogens is 1. The van der Waals surface area contributed by atoms with E-state index in [-0.39, 0.29) is 0 Å². The molecule has 0 saturated heterocycles. The highest BCUT2D eigenvalue weighted by Gasteiger charge is 2.32. The minimum atomic E-state index is 0.422. The Balaban J connectivity index is 1.89. The van der Waals surface area contributed by atoms with E-state index in [1.54, 1.807) is 0 Å². The van der Waals surface area contributed by atoms with Crippen molar-refractivity contribution >= 4 is 22.5 Å². The van der Waals surface area contributed by atoms with Crippen molar-refractivity contribution in [2.75, 3.05) is 7.05 Å². The van der Waals surface area contributed by atoms with Gasteiger partial charge in [0.2, 0.25) is 0 Å². The first-order valence-electron chi connectivity index (χ1n) is 7.31. The lowest BCUT2D eigenvalue weighted by atomic mass is 9.93. The number of hydrogen-bond donors (Lipinski definition) is 2. The summed E-state index contributed by atoms with van der Waals surface area (Å²) >= 11 is 6.29. The van der Waals surface area contributed by atoms with Crippen molar-refractivity contribution in [3.8, 4) is 0 Å². The lowest BCUT2D eigenvalue weighted by molar-refractivity contribution is 0.566. The van der Waals surface area contributed by atoms with Gasteiger partial charge in [0.15, 0.2) is 0 Å². The summed E-state index contributed by atoms with van der Waals surface area (Å²) in [5.74, 6) is 0.422. The van der Waals surface area contributed by atoms with E-state index in [0.29, 0.717) is 12.0 Å². The molecule has 1 aliphatic rings. The van der Waals surface area contributed by atoms with E-state index in [1.165, 1.54) is 22.1 Å². The molecule has 3 heteroatoms. The fourth-order valence-corrected chi connectivity index (χ4v) is 3.86. The summed E-state index contributed by atoms with van der Waals surface area (Å²) in [5, 5.41) is 5.46. The topological polar surface area (TPSA) is 27.8 Å². The van der Waals surface area contributed by atoms with Crippen molar-refractivity contribution in [1.29, 1.82) is 0 Å². The van der Waals surface area contributed by atoms with Crippen LogP contribution >= 0.6 is 11.6 Å². The van der Waals surface area contributed by atoms with Gasteiger partial charge in [-0.25, -0.2) is 0 Å². The van der Waals surface area contributed by atoms with E-state index < -0.39 is 0 Å². The number of rotatable bonds is 2. The molecule has 0 aliphatic heterocycles. The number of halogens is 1. The van der Waals surface area contributed by atoms with Crippen LogP contribution in [-0.4, -0.2) is 12.0 Å². The van der Waals surface area contributed by atoms with E-state index >= 15 is 0 Å². The van der Waals surface area contributed by atoms with Crippen LogP contribution < -0.4 is 5.32 Å². The first kappa shape index (κ1) is 12.9. The molecule has 0 amide bonds. The summed E-state index contributed by atoms with van der Waals surface area (Å²) in [6, 6.07) is 15.3. The smallest absolute Gasteiger partial charge is 0.0647 e. The summed E-state index contributed by atoms with van der Waals surface area (Å²) in [7, 11) is 2.04. The number of aromatic nitrogens is 1. The molecule has 0 spiro atoms. The number of hydrogen-bond acceptors (Lipinski definition) is 1. The van der Waals surface area contributed by atoms with Crippen LogP contribution in [0.3, 0.4) is 0 Å². The van der Waals surface area contributed by atoms with Crippen molar-refractivity contribution in [3.05, 3.63) is 70.4 Å². The van der Waals surface area contributed by atoms with Crippen molar-refractivity contribution in [2.24, 2.45) is 0 Å². The van der Waals surface area contributed by atoms with Gasteiger partial charge in [0.05, 0.1) is 10.5 Å². The van der Waals surface area contributed by atoms with Gasteiger partial charge < -0.3 is 10.3 Å². The van der Waals surface area contributed by atoms with Crippen LogP contribution in [0.2, 0.25) is 5.02 Å². The molecule has 2 N–H and O–H groups in total. The Bertz CT molecular complexity index is 806. The largest absolute Gasteiger partial charge is 0.360 e. The molecule has 0 radical (unpaired) electrons. The van der Waals surface area contributed by atoms with Gasteiger partial charge in [-0.1, -0.05) is 48.0 Å². The van der Waals surface area contributed by atoms with Crippen LogP contribution in [-0.2, 0) is 0 Å². The zero-order valence-electron chi connectivity index (χ0n) is 11.9. The fraction of sp³-hybridized carbons (Fsp3) is 0.222. The predicted molar refractivity (Wildman–Crippen MR) is 88.0 cm³/mol. The fourth-order valence-electron chi connectivity index (χ4n) is 3.63. The molecule has 3 aromatic rings. The predicted octanol–water partition coefficient (Wildman–Crippen LogP) is 4.62. The second-order valence-electron chi connectivity index (χ2n) is 5.66. The monoisotopic (exact) mass is 296 g/mol. The maximum absolute atomic E-state index is 6.29. The molecule has 2 atom stereocenters. The Morgan fingerprint density at radius 3 is 2.67 bits per heavy atom. The van der Waals surface area contributed by atoms with E-state index in [4.69, 9.17) is 11.6 Å². The average molecular weight is 297 g/mol. The lowest BCUT2D eigenvalue weighted by Crippen LogP contribution is -2.13. The molecule has 0 bridgehead atoms. The number of benzene rings is 2. The Kier molecular flexibility index (Phi) is 3.02. The number of nitrogens with one attached hydrogen (secondary N) is 2. The van der Waals surface area contributed by atoms with E-state index in [9.17, 15) is 0 Å². The summed E-state index contributed by atoms with van der Waals surface area (Å²) in [5.41, 5.74) is 5.23. The van der Waals surface area contributed by atoms with Gasteiger partial charge in [0.25, 0.3) is 0 Å². The highest BCUT2D eigenvalue weighted by molar-refractivity contribution is 6.35. The maximum atomic E-state index is 6.29. The van der Waals surface area contributed by atoms with E-state index in [2.05, 4.69) is 46.8 Å². The molecule has 2 aromatic carbocycles. The van der Waals surface area contributed by atoms with Crippen LogP contribution in [0.4, 0.5) is 0 Å². The SMILES string of the molecule is CN[C@@H]1C[C@H](c2c[nH]c3c(Cl)cccc23)c2ccccc21. The zero-order chi connectivity index (χ0) is 14.4. The molecular formula is C18H17ClN2. The van der Waals surface area contributed by atoms with Crippen LogP contribution in [0.1, 0.15) is 35.1 Å². The molecule has 1 aliphatic carbocycles. The molecule has 2 nitrogen and oxygen atoms in total. The van der Waals surface area contributed by atoms with Crippen LogP contribution in [0, 0.1) is 0 Å². The molecule has 1 aromatic heterocycles. The molecule has 0 unspecified atom stereocenters. The van der Waals surface area contributed by atoms with Crippen LogP contribution in [0.15, 0.2) is 48.7 Å². The van der Waals surface area contributed by atoms with Gasteiger partial charge in [-0.05, 0) is 36.2 Å². The van der Waals surface area contributed by atoms with Gasteiger partial charge in [-0.2, -0.15) is 0 Å². The van der Waals surface area contributed by atoms with Crippen LogP contribution in [0.5, 0.6) is 0 Å². The van der Waals surface area contributed by atoms with Gasteiger partial charge >= 0.3 is 0 Å². The third-order valence-corrected chi connectivity index (χ3v) is 4.95. The quantitative estimate of drug-likeness (QED) is 0.710. The first-order valence-corrected chi connectivity index (χ1v) is 7.69. The number of fused-ring (bicyclic) bond motifs is 2. The van der Waals surface area contributed by atoms with Crippen molar-refractivity contribution in [2.45, 2.75) is 18.4 Å². The third-order valence-electron chi connectivity index (χ3n) is 4.64. The van der Waals surface area contributed by atoms with Crippen LogP contribution in [0.25, 0.3) is 10.9 Å². The summed E-state index contributed by atoms with van der Waals surface area (Å²) in [4.78, 5) is 3.34. The second-order valence-corrected chi connectivity index (χ2v) is 6.07. The molecular weight excluding hydrogens is 280 g/mol. The summed E-state index contributed by atoms with van der Waals surface area (Å²) < 4.78 is 0. The van der Waals surface area contributed by atoms with E-state index in [0.717, 1.165) is 17.0 Å². The van der Waals surface area contributed by atoms with Gasteiger partial charge in [0, 0.05) is 23.5 Å². The molecule has 0 fully saturated rings. The van der Waals surface area contributed by atoms with E-state index in [1.807, 2.05) is 19.2 Å². The first-order chi connectivity index (χ1) is 10.3. The summed E-state index contributed by atoms with van der Waals surface area (Å²) in [6.45, 7) is 0. The molecule has 21 heavy (non-hydrogen) atoms. The molecule has 4 rings (SSSR count). The second kappa shape index (κ2) is 4.90. The van der Waals surface area contributed by atoms with Crippen molar-refractivity contribution in [3.63, 3.8) is 0 Å². The Hall–Kier alpha value is -1.77. The standard InChI is InChI=1S/C18H17ClN2/c1-20-17-9-14(11-5-2-3-6-12(11)17)15-10-21-18-13(15)7-4-8-16(18)19/h2-8,10,14,17,20-21H,9H2,1H3/t14-,17+/m0/s1. The zero-order valence-corrected chi connectivity index (χ0v) is 12.6. The molecule has 106 valence electrons. The normalized spacial score (nSPS) is 20.9.